The molecule has 1 aliphatic heterocycles. The molecule has 1 aromatic carbocycles. The van der Waals surface area contributed by atoms with Crippen LogP contribution in [0.4, 0.5) is 11.4 Å². The molecule has 0 saturated carbocycles. The van der Waals surface area contributed by atoms with Crippen LogP contribution >= 0.6 is 11.6 Å². The van der Waals surface area contributed by atoms with Crippen LogP contribution in [0.15, 0.2) is 18.2 Å². The van der Waals surface area contributed by atoms with Gasteiger partial charge in [-0.1, -0.05) is 19.9 Å². The van der Waals surface area contributed by atoms with E-state index < -0.39 is 5.41 Å². The van der Waals surface area contributed by atoms with Crippen molar-refractivity contribution in [1.29, 1.82) is 0 Å². The Morgan fingerprint density at radius 1 is 1.35 bits per heavy atom. The number of halogens is 1. The number of hydrogen-bond acceptors (Lipinski definition) is 2. The summed E-state index contributed by atoms with van der Waals surface area (Å²) in [6.07, 6.45) is 1.93. The zero-order valence-electron chi connectivity index (χ0n) is 14.3. The van der Waals surface area contributed by atoms with Gasteiger partial charge in [0.1, 0.15) is 0 Å². The van der Waals surface area contributed by atoms with Crippen molar-refractivity contribution in [2.24, 2.45) is 11.3 Å². The molecule has 1 aliphatic rings. The van der Waals surface area contributed by atoms with Gasteiger partial charge in [0.2, 0.25) is 11.8 Å². The number of nitrogens with zero attached hydrogens (tertiary/aromatic N) is 1. The number of rotatable bonds is 4. The third-order valence-electron chi connectivity index (χ3n) is 4.17. The molecule has 23 heavy (non-hydrogen) atoms. The van der Waals surface area contributed by atoms with E-state index in [1.165, 1.54) is 0 Å². The van der Waals surface area contributed by atoms with Crippen LogP contribution in [-0.2, 0) is 16.0 Å². The zero-order chi connectivity index (χ0) is 17.2. The minimum Gasteiger partial charge on any atom is -0.326 e. The van der Waals surface area contributed by atoms with Crippen molar-refractivity contribution in [1.82, 2.24) is 0 Å². The van der Waals surface area contributed by atoms with Gasteiger partial charge < -0.3 is 10.2 Å². The lowest BCUT2D eigenvalue weighted by atomic mass is 9.95. The van der Waals surface area contributed by atoms with Gasteiger partial charge in [-0.05, 0) is 44.4 Å². The lowest BCUT2D eigenvalue weighted by molar-refractivity contribution is -0.123. The maximum Gasteiger partial charge on any atom is 0.231 e. The van der Waals surface area contributed by atoms with Crippen LogP contribution in [-0.4, -0.2) is 24.2 Å². The van der Waals surface area contributed by atoms with Crippen LogP contribution in [0, 0.1) is 11.3 Å². The highest BCUT2D eigenvalue weighted by atomic mass is 35.5. The molecule has 0 aliphatic carbocycles. The summed E-state index contributed by atoms with van der Waals surface area (Å²) in [5.74, 6) is 0.205. The van der Waals surface area contributed by atoms with E-state index >= 15 is 0 Å². The molecule has 0 unspecified atom stereocenters. The van der Waals surface area contributed by atoms with E-state index in [0.717, 1.165) is 30.6 Å². The summed E-state index contributed by atoms with van der Waals surface area (Å²) in [5.41, 5.74) is 2.14. The molecule has 1 N–H and O–H groups in total. The van der Waals surface area contributed by atoms with E-state index in [0.29, 0.717) is 5.69 Å². The Bertz CT molecular complexity index is 611. The van der Waals surface area contributed by atoms with Crippen LogP contribution < -0.4 is 10.2 Å². The van der Waals surface area contributed by atoms with Crippen molar-refractivity contribution in [3.05, 3.63) is 23.8 Å². The van der Waals surface area contributed by atoms with Crippen molar-refractivity contribution < 1.29 is 9.59 Å². The van der Waals surface area contributed by atoms with Gasteiger partial charge in [-0.2, -0.15) is 0 Å². The molecular formula is C18H25ClN2O2. The molecule has 5 heteroatoms. The first-order valence-electron chi connectivity index (χ1n) is 8.08. The van der Waals surface area contributed by atoms with E-state index in [1.54, 1.807) is 0 Å². The lowest BCUT2D eigenvalue weighted by Gasteiger charge is -2.31. The number of carbonyl (C=O) groups excluding carboxylic acids is 2. The molecule has 1 heterocycles. The van der Waals surface area contributed by atoms with Crippen LogP contribution in [0.2, 0.25) is 0 Å². The lowest BCUT2D eigenvalue weighted by Crippen LogP contribution is -2.38. The van der Waals surface area contributed by atoms with Crippen molar-refractivity contribution in [3.8, 4) is 0 Å². The first-order chi connectivity index (χ1) is 10.8. The molecule has 0 aromatic heterocycles. The number of fused-ring (bicyclic) bond motifs is 1. The van der Waals surface area contributed by atoms with E-state index in [1.807, 2.05) is 50.8 Å². The average Bonchev–Trinajstić information content (AvgIpc) is 2.53. The predicted octanol–water partition coefficient (Wildman–Crippen LogP) is 3.83. The van der Waals surface area contributed by atoms with Gasteiger partial charge in [-0.15, -0.1) is 11.6 Å². The molecule has 4 nitrogen and oxygen atoms in total. The molecule has 2 rings (SSSR count). The zero-order valence-corrected chi connectivity index (χ0v) is 15.0. The summed E-state index contributed by atoms with van der Waals surface area (Å²) in [6, 6.07) is 5.79. The third-order valence-corrected chi connectivity index (χ3v) is 4.84. The Hall–Kier alpha value is -1.55. The van der Waals surface area contributed by atoms with E-state index in [9.17, 15) is 9.59 Å². The van der Waals surface area contributed by atoms with Gasteiger partial charge in [0.25, 0.3) is 0 Å². The van der Waals surface area contributed by atoms with Crippen LogP contribution in [0.25, 0.3) is 0 Å². The predicted molar refractivity (Wildman–Crippen MR) is 95.1 cm³/mol. The van der Waals surface area contributed by atoms with Crippen molar-refractivity contribution in [2.75, 3.05) is 22.6 Å². The first-order valence-corrected chi connectivity index (χ1v) is 8.61. The Morgan fingerprint density at radius 2 is 2.04 bits per heavy atom. The Morgan fingerprint density at radius 3 is 2.65 bits per heavy atom. The minimum absolute atomic E-state index is 0.0469. The number of benzene rings is 1. The van der Waals surface area contributed by atoms with Gasteiger partial charge in [0.15, 0.2) is 0 Å². The normalized spacial score (nSPS) is 14.6. The Kier molecular flexibility index (Phi) is 5.35. The van der Waals surface area contributed by atoms with Crippen LogP contribution in [0.5, 0.6) is 0 Å². The highest BCUT2D eigenvalue weighted by Gasteiger charge is 2.28. The highest BCUT2D eigenvalue weighted by Crippen LogP contribution is 2.32. The molecule has 0 radical (unpaired) electrons. The number of nitrogens with one attached hydrogen (secondary N) is 1. The van der Waals surface area contributed by atoms with E-state index in [2.05, 4.69) is 5.32 Å². The molecular weight excluding hydrogens is 312 g/mol. The average molecular weight is 337 g/mol. The molecule has 0 saturated heterocycles. The second-order valence-corrected chi connectivity index (χ2v) is 7.33. The molecule has 0 fully saturated rings. The summed E-state index contributed by atoms with van der Waals surface area (Å²) in [5, 5.41) is 2.91. The summed E-state index contributed by atoms with van der Waals surface area (Å²) >= 11 is 5.86. The van der Waals surface area contributed by atoms with Crippen molar-refractivity contribution >= 4 is 34.8 Å². The quantitative estimate of drug-likeness (QED) is 0.849. The Balaban J connectivity index is 2.28. The molecule has 2 amide bonds. The molecule has 0 bridgehead atoms. The van der Waals surface area contributed by atoms with Crippen LogP contribution in [0.1, 0.15) is 39.7 Å². The highest BCUT2D eigenvalue weighted by molar-refractivity contribution is 6.20. The summed E-state index contributed by atoms with van der Waals surface area (Å²) in [4.78, 5) is 26.5. The van der Waals surface area contributed by atoms with Gasteiger partial charge in [-0.3, -0.25) is 9.59 Å². The van der Waals surface area contributed by atoms with Gasteiger partial charge in [0.05, 0.1) is 5.41 Å². The van der Waals surface area contributed by atoms with Gasteiger partial charge in [0, 0.05) is 29.7 Å². The molecule has 1 aromatic rings. The Labute approximate surface area is 143 Å². The van der Waals surface area contributed by atoms with Crippen LogP contribution in [0.3, 0.4) is 0 Å². The number of carbonyl (C=O) groups is 2. The topological polar surface area (TPSA) is 49.4 Å². The summed E-state index contributed by atoms with van der Waals surface area (Å²) < 4.78 is 0. The minimum atomic E-state index is -0.634. The third kappa shape index (κ3) is 3.86. The fourth-order valence-electron chi connectivity index (χ4n) is 2.55. The summed E-state index contributed by atoms with van der Waals surface area (Å²) in [7, 11) is 0. The smallest absolute Gasteiger partial charge is 0.231 e. The molecule has 0 atom stereocenters. The monoisotopic (exact) mass is 336 g/mol. The van der Waals surface area contributed by atoms with Crippen molar-refractivity contribution in [3.63, 3.8) is 0 Å². The second kappa shape index (κ2) is 6.91. The number of hydrogen-bond donors (Lipinski definition) is 1. The SMILES string of the molecule is CC(C)C(=O)N1CCCc2ccc(NC(=O)C(C)(C)CCl)cc21. The largest absolute Gasteiger partial charge is 0.326 e. The number of aryl methyl sites for hydroxylation is 1. The summed E-state index contributed by atoms with van der Waals surface area (Å²) in [6.45, 7) is 8.16. The standard InChI is InChI=1S/C18H25ClN2O2/c1-12(2)16(22)21-9-5-6-13-7-8-14(10-15(13)21)20-17(23)18(3,4)11-19/h7-8,10,12H,5-6,9,11H2,1-4H3,(H,20,23). The fraction of sp³-hybridized carbons (Fsp3) is 0.556. The van der Waals surface area contributed by atoms with Gasteiger partial charge in [-0.25, -0.2) is 0 Å². The fourth-order valence-corrected chi connectivity index (χ4v) is 2.68. The number of anilines is 2. The first kappa shape index (κ1) is 17.8. The maximum atomic E-state index is 12.4. The van der Waals surface area contributed by atoms with Gasteiger partial charge >= 0.3 is 0 Å². The maximum absolute atomic E-state index is 12.4. The molecule has 126 valence electrons. The van der Waals surface area contributed by atoms with E-state index in [4.69, 9.17) is 11.6 Å². The van der Waals surface area contributed by atoms with Crippen molar-refractivity contribution in [2.45, 2.75) is 40.5 Å². The number of alkyl halides is 1. The van der Waals surface area contributed by atoms with E-state index in [-0.39, 0.29) is 23.6 Å². The number of amides is 2. The second-order valence-electron chi connectivity index (χ2n) is 7.06. The molecule has 0 spiro atoms.